The van der Waals surface area contributed by atoms with E-state index in [1.54, 1.807) is 11.3 Å². The number of halogens is 1. The van der Waals surface area contributed by atoms with E-state index >= 15 is 0 Å². The van der Waals surface area contributed by atoms with E-state index in [9.17, 15) is 0 Å². The molecule has 0 aromatic carbocycles. The third-order valence-corrected chi connectivity index (χ3v) is 3.92. The van der Waals surface area contributed by atoms with E-state index in [-0.39, 0.29) is 0 Å². The molecule has 0 amide bonds. The Morgan fingerprint density at radius 1 is 1.69 bits per heavy atom. The minimum absolute atomic E-state index is 0.376. The topological polar surface area (TPSA) is 38.0 Å². The van der Waals surface area contributed by atoms with Crippen LogP contribution in [0.25, 0.3) is 0 Å². The first-order valence-corrected chi connectivity index (χ1v) is 5.97. The van der Waals surface area contributed by atoms with Crippen molar-refractivity contribution in [2.75, 3.05) is 13.6 Å². The lowest BCUT2D eigenvalue weighted by Crippen LogP contribution is -2.27. The standard InChI is InChI=1S/C9H15BrN2S/c1-6(4-11)9(12-2)8-3-7(10)5-13-8/h3,5-6,9,12H,4,11H2,1-2H3. The fraction of sp³-hybridized carbons (Fsp3) is 0.556. The smallest absolute Gasteiger partial charge is 0.0450 e. The number of rotatable bonds is 4. The maximum absolute atomic E-state index is 5.65. The van der Waals surface area contributed by atoms with Crippen LogP contribution < -0.4 is 11.1 Å². The van der Waals surface area contributed by atoms with E-state index in [0.717, 1.165) is 4.47 Å². The van der Waals surface area contributed by atoms with E-state index in [1.165, 1.54) is 4.88 Å². The molecular weight excluding hydrogens is 248 g/mol. The molecule has 0 saturated heterocycles. The molecule has 1 aromatic rings. The third kappa shape index (κ3) is 2.77. The van der Waals surface area contributed by atoms with Gasteiger partial charge in [-0.05, 0) is 41.5 Å². The van der Waals surface area contributed by atoms with Crippen molar-refractivity contribution in [3.63, 3.8) is 0 Å². The maximum Gasteiger partial charge on any atom is 0.0450 e. The summed E-state index contributed by atoms with van der Waals surface area (Å²) in [7, 11) is 1.98. The highest BCUT2D eigenvalue weighted by Gasteiger charge is 2.17. The first-order chi connectivity index (χ1) is 6.19. The lowest BCUT2D eigenvalue weighted by molar-refractivity contribution is 0.425. The van der Waals surface area contributed by atoms with Crippen LogP contribution in [0, 0.1) is 5.92 Å². The normalized spacial score (nSPS) is 15.7. The summed E-state index contributed by atoms with van der Waals surface area (Å²) in [6, 6.07) is 2.53. The van der Waals surface area contributed by atoms with Crippen LogP contribution in [-0.4, -0.2) is 13.6 Å². The highest BCUT2D eigenvalue weighted by molar-refractivity contribution is 9.10. The molecule has 0 aliphatic heterocycles. The van der Waals surface area contributed by atoms with Crippen molar-refractivity contribution in [2.45, 2.75) is 13.0 Å². The fourth-order valence-electron chi connectivity index (χ4n) is 1.33. The van der Waals surface area contributed by atoms with Crippen molar-refractivity contribution in [2.24, 2.45) is 11.7 Å². The number of nitrogens with one attached hydrogen (secondary N) is 1. The highest BCUT2D eigenvalue weighted by Crippen LogP contribution is 2.29. The van der Waals surface area contributed by atoms with Crippen molar-refractivity contribution < 1.29 is 0 Å². The maximum atomic E-state index is 5.65. The van der Waals surface area contributed by atoms with Gasteiger partial charge in [-0.15, -0.1) is 11.3 Å². The van der Waals surface area contributed by atoms with Gasteiger partial charge in [-0.2, -0.15) is 0 Å². The van der Waals surface area contributed by atoms with E-state index in [4.69, 9.17) is 5.73 Å². The predicted octanol–water partition coefficient (Wildman–Crippen LogP) is 2.37. The average Bonchev–Trinajstić information content (AvgIpc) is 2.53. The Morgan fingerprint density at radius 2 is 2.38 bits per heavy atom. The summed E-state index contributed by atoms with van der Waals surface area (Å²) in [6.07, 6.45) is 0. The van der Waals surface area contributed by atoms with Gasteiger partial charge in [0, 0.05) is 20.8 Å². The molecule has 13 heavy (non-hydrogen) atoms. The zero-order valence-corrected chi connectivity index (χ0v) is 10.3. The second-order valence-electron chi connectivity index (χ2n) is 3.15. The molecule has 0 fully saturated rings. The average molecular weight is 263 g/mol. The lowest BCUT2D eigenvalue weighted by atomic mass is 10.0. The van der Waals surface area contributed by atoms with Crippen LogP contribution in [-0.2, 0) is 0 Å². The second kappa shape index (κ2) is 5.10. The van der Waals surface area contributed by atoms with Gasteiger partial charge in [0.05, 0.1) is 0 Å². The molecule has 1 heterocycles. The summed E-state index contributed by atoms with van der Waals surface area (Å²) in [6.45, 7) is 2.87. The molecule has 2 nitrogen and oxygen atoms in total. The second-order valence-corrected chi connectivity index (χ2v) is 5.01. The summed E-state index contributed by atoms with van der Waals surface area (Å²) in [5.74, 6) is 0.468. The number of thiophene rings is 1. The first kappa shape index (κ1) is 11.2. The zero-order valence-electron chi connectivity index (χ0n) is 7.88. The molecule has 0 bridgehead atoms. The van der Waals surface area contributed by atoms with Gasteiger partial charge in [0.15, 0.2) is 0 Å². The van der Waals surface area contributed by atoms with E-state index in [1.807, 2.05) is 7.05 Å². The van der Waals surface area contributed by atoms with Crippen LogP contribution in [0.4, 0.5) is 0 Å². The van der Waals surface area contributed by atoms with Gasteiger partial charge in [-0.3, -0.25) is 0 Å². The fourth-order valence-corrected chi connectivity index (χ4v) is 3.02. The molecule has 3 N–H and O–H groups in total. The molecule has 74 valence electrons. The van der Waals surface area contributed by atoms with Crippen LogP contribution in [0.2, 0.25) is 0 Å². The van der Waals surface area contributed by atoms with Crippen molar-refractivity contribution in [3.05, 3.63) is 20.8 Å². The molecule has 4 heteroatoms. The molecule has 0 aliphatic carbocycles. The molecule has 1 rings (SSSR count). The van der Waals surface area contributed by atoms with Crippen molar-refractivity contribution in [1.29, 1.82) is 0 Å². The summed E-state index contributed by atoms with van der Waals surface area (Å²) < 4.78 is 1.15. The number of nitrogens with two attached hydrogens (primary N) is 1. The van der Waals surface area contributed by atoms with Gasteiger partial charge in [0.1, 0.15) is 0 Å². The minimum Gasteiger partial charge on any atom is -0.330 e. The van der Waals surface area contributed by atoms with Crippen molar-refractivity contribution in [1.82, 2.24) is 5.32 Å². The lowest BCUT2D eigenvalue weighted by Gasteiger charge is -2.20. The van der Waals surface area contributed by atoms with Crippen LogP contribution in [0.3, 0.4) is 0 Å². The molecule has 2 unspecified atom stereocenters. The zero-order chi connectivity index (χ0) is 9.84. The highest BCUT2D eigenvalue weighted by atomic mass is 79.9. The van der Waals surface area contributed by atoms with Crippen LogP contribution in [0.5, 0.6) is 0 Å². The van der Waals surface area contributed by atoms with Crippen LogP contribution in [0.15, 0.2) is 15.9 Å². The number of hydrogen-bond acceptors (Lipinski definition) is 3. The first-order valence-electron chi connectivity index (χ1n) is 4.30. The molecule has 0 aliphatic rings. The molecule has 0 radical (unpaired) electrons. The molecule has 1 aromatic heterocycles. The molecule has 0 saturated carbocycles. The van der Waals surface area contributed by atoms with E-state index in [0.29, 0.717) is 18.5 Å². The molecule has 2 atom stereocenters. The Morgan fingerprint density at radius 3 is 2.77 bits per heavy atom. The summed E-state index contributed by atoms with van der Waals surface area (Å²) in [5, 5.41) is 5.39. The van der Waals surface area contributed by atoms with Gasteiger partial charge >= 0.3 is 0 Å². The van der Waals surface area contributed by atoms with Gasteiger partial charge in [0.2, 0.25) is 0 Å². The van der Waals surface area contributed by atoms with E-state index < -0.39 is 0 Å². The van der Waals surface area contributed by atoms with Gasteiger partial charge < -0.3 is 11.1 Å². The monoisotopic (exact) mass is 262 g/mol. The molecular formula is C9H15BrN2S. The van der Waals surface area contributed by atoms with E-state index in [2.05, 4.69) is 39.6 Å². The van der Waals surface area contributed by atoms with Gasteiger partial charge in [-0.25, -0.2) is 0 Å². The Balaban J connectivity index is 2.77. The van der Waals surface area contributed by atoms with Crippen LogP contribution in [0.1, 0.15) is 17.8 Å². The Hall–Kier alpha value is 0.1000. The van der Waals surface area contributed by atoms with Gasteiger partial charge in [-0.1, -0.05) is 6.92 Å². The molecule has 0 spiro atoms. The SMILES string of the molecule is CNC(c1cc(Br)cs1)C(C)CN. The van der Waals surface area contributed by atoms with Crippen molar-refractivity contribution in [3.8, 4) is 0 Å². The quantitative estimate of drug-likeness (QED) is 0.875. The summed E-state index contributed by atoms with van der Waals surface area (Å²) in [5.41, 5.74) is 5.65. The summed E-state index contributed by atoms with van der Waals surface area (Å²) in [4.78, 5) is 1.34. The Kier molecular flexibility index (Phi) is 4.38. The summed E-state index contributed by atoms with van der Waals surface area (Å²) >= 11 is 5.21. The largest absolute Gasteiger partial charge is 0.330 e. The predicted molar refractivity (Wildman–Crippen MR) is 62.0 cm³/mol. The van der Waals surface area contributed by atoms with Crippen LogP contribution >= 0.6 is 27.3 Å². The van der Waals surface area contributed by atoms with Crippen molar-refractivity contribution >= 4 is 27.3 Å². The number of hydrogen-bond donors (Lipinski definition) is 2. The minimum atomic E-state index is 0.376. The third-order valence-electron chi connectivity index (χ3n) is 2.15. The van der Waals surface area contributed by atoms with Gasteiger partial charge in [0.25, 0.3) is 0 Å². The Labute approximate surface area is 91.7 Å². The Bertz CT molecular complexity index is 262.